The smallest absolute Gasteiger partial charge is 0.243 e. The molecule has 2 aromatic rings. The molecule has 0 bridgehead atoms. The maximum Gasteiger partial charge on any atom is 0.243 e. The van der Waals surface area contributed by atoms with Gasteiger partial charge in [-0.25, -0.2) is 8.42 Å². The molecule has 0 spiro atoms. The molecule has 3 rings (SSSR count). The number of methoxy groups -OCH3 is 2. The largest absolute Gasteiger partial charge is 0.493 e. The van der Waals surface area contributed by atoms with E-state index in [0.29, 0.717) is 40.1 Å². The predicted octanol–water partition coefficient (Wildman–Crippen LogP) is 4.05. The van der Waals surface area contributed by atoms with E-state index in [1.807, 2.05) is 0 Å². The first-order chi connectivity index (χ1) is 14.3. The molecule has 0 saturated carbocycles. The Morgan fingerprint density at radius 2 is 1.63 bits per heavy atom. The Bertz CT molecular complexity index is 1020. The molecule has 0 atom stereocenters. The van der Waals surface area contributed by atoms with Gasteiger partial charge in [-0.2, -0.15) is 4.31 Å². The van der Waals surface area contributed by atoms with Crippen molar-refractivity contribution in [1.29, 1.82) is 0 Å². The number of nitrogens with one attached hydrogen (secondary N) is 1. The molecular weight excluding hydrogens is 451 g/mol. The van der Waals surface area contributed by atoms with Gasteiger partial charge in [-0.1, -0.05) is 29.3 Å². The molecule has 1 N–H and O–H groups in total. The minimum absolute atomic E-state index is 0.117. The topological polar surface area (TPSA) is 84.9 Å². The second-order valence-corrected chi connectivity index (χ2v) is 9.53. The van der Waals surface area contributed by atoms with E-state index < -0.39 is 10.0 Å². The van der Waals surface area contributed by atoms with Crippen molar-refractivity contribution in [3.05, 3.63) is 46.4 Å². The minimum atomic E-state index is -3.72. The number of hydrogen-bond donors (Lipinski definition) is 1. The average Bonchev–Trinajstić information content (AvgIpc) is 2.75. The number of hydrogen-bond acceptors (Lipinski definition) is 5. The van der Waals surface area contributed by atoms with E-state index in [1.54, 1.807) is 24.3 Å². The van der Waals surface area contributed by atoms with Crippen molar-refractivity contribution in [3.8, 4) is 11.5 Å². The zero-order valence-corrected chi connectivity index (χ0v) is 18.9. The van der Waals surface area contributed by atoms with Gasteiger partial charge in [0.2, 0.25) is 15.9 Å². The van der Waals surface area contributed by atoms with Crippen LogP contribution in [0.2, 0.25) is 10.0 Å². The Morgan fingerprint density at radius 3 is 2.20 bits per heavy atom. The van der Waals surface area contributed by atoms with E-state index in [-0.39, 0.29) is 29.8 Å². The molecular formula is C20H22Cl2N2O5S. The fourth-order valence-corrected chi connectivity index (χ4v) is 5.30. The van der Waals surface area contributed by atoms with Crippen LogP contribution in [0.4, 0.5) is 5.69 Å². The first-order valence-electron chi connectivity index (χ1n) is 9.25. The number of nitrogens with zero attached hydrogens (tertiary/aromatic N) is 1. The number of carbonyl (C=O) groups is 1. The van der Waals surface area contributed by atoms with Crippen LogP contribution in [0, 0.1) is 5.92 Å². The second-order valence-electron chi connectivity index (χ2n) is 6.78. The maximum absolute atomic E-state index is 13.0. The van der Waals surface area contributed by atoms with Crippen LogP contribution in [0.5, 0.6) is 11.5 Å². The maximum atomic E-state index is 13.0. The molecule has 2 aromatic carbocycles. The molecule has 0 radical (unpaired) electrons. The number of piperidine rings is 1. The zero-order chi connectivity index (χ0) is 21.9. The fourth-order valence-electron chi connectivity index (χ4n) is 3.33. The third-order valence-electron chi connectivity index (χ3n) is 5.03. The van der Waals surface area contributed by atoms with Crippen LogP contribution in [-0.2, 0) is 14.8 Å². The highest BCUT2D eigenvalue weighted by Gasteiger charge is 2.33. The van der Waals surface area contributed by atoms with Gasteiger partial charge in [0.15, 0.2) is 11.5 Å². The van der Waals surface area contributed by atoms with E-state index in [4.69, 9.17) is 32.7 Å². The lowest BCUT2D eigenvalue weighted by Gasteiger charge is -2.30. The van der Waals surface area contributed by atoms with Crippen LogP contribution >= 0.6 is 23.2 Å². The number of halogens is 2. The molecule has 0 aromatic heterocycles. The average molecular weight is 473 g/mol. The first kappa shape index (κ1) is 22.7. The Morgan fingerprint density at radius 1 is 1.03 bits per heavy atom. The molecule has 10 heteroatoms. The van der Waals surface area contributed by atoms with Gasteiger partial charge in [-0.05, 0) is 37.1 Å². The Labute approximate surface area is 185 Å². The summed E-state index contributed by atoms with van der Waals surface area (Å²) in [7, 11) is -0.785. The van der Waals surface area contributed by atoms with E-state index in [2.05, 4.69) is 5.32 Å². The molecule has 1 aliphatic rings. The van der Waals surface area contributed by atoms with Crippen LogP contribution < -0.4 is 14.8 Å². The summed E-state index contributed by atoms with van der Waals surface area (Å²) in [5, 5.41) is 3.46. The first-order valence-corrected chi connectivity index (χ1v) is 11.4. The molecule has 30 heavy (non-hydrogen) atoms. The lowest BCUT2D eigenvalue weighted by atomic mass is 9.97. The third kappa shape index (κ3) is 4.67. The molecule has 1 heterocycles. The van der Waals surface area contributed by atoms with Gasteiger partial charge in [-0.15, -0.1) is 0 Å². The number of rotatable bonds is 6. The number of carbonyl (C=O) groups excluding carboxylic acids is 1. The summed E-state index contributed by atoms with van der Waals surface area (Å²) in [6.07, 6.45) is 0.779. The van der Waals surface area contributed by atoms with Crippen LogP contribution in [0.15, 0.2) is 41.3 Å². The fraction of sp³-hybridized carbons (Fsp3) is 0.350. The second kappa shape index (κ2) is 9.43. The lowest BCUT2D eigenvalue weighted by molar-refractivity contribution is -0.120. The summed E-state index contributed by atoms with van der Waals surface area (Å²) in [6, 6.07) is 9.45. The van der Waals surface area contributed by atoms with E-state index in [9.17, 15) is 13.2 Å². The summed E-state index contributed by atoms with van der Waals surface area (Å²) in [5.41, 5.74) is 0.367. The van der Waals surface area contributed by atoms with Crippen LogP contribution in [-0.4, -0.2) is 45.9 Å². The number of para-hydroxylation sites is 1. The van der Waals surface area contributed by atoms with Crippen LogP contribution in [0.25, 0.3) is 0 Å². The Hall–Kier alpha value is -2.00. The van der Waals surface area contributed by atoms with Gasteiger partial charge in [0.25, 0.3) is 0 Å². The summed E-state index contributed by atoms with van der Waals surface area (Å²) in [5.74, 6) is 0.219. The molecule has 162 valence electrons. The Balaban J connectivity index is 1.68. The van der Waals surface area contributed by atoms with Crippen LogP contribution in [0.3, 0.4) is 0 Å². The van der Waals surface area contributed by atoms with Crippen molar-refractivity contribution in [2.45, 2.75) is 17.7 Å². The minimum Gasteiger partial charge on any atom is -0.493 e. The predicted molar refractivity (Wildman–Crippen MR) is 116 cm³/mol. The van der Waals surface area contributed by atoms with Gasteiger partial charge in [0.05, 0.1) is 34.8 Å². The van der Waals surface area contributed by atoms with Crippen molar-refractivity contribution in [2.75, 3.05) is 32.6 Å². The Kier molecular flexibility index (Phi) is 7.13. The van der Waals surface area contributed by atoms with Crippen molar-refractivity contribution in [2.24, 2.45) is 5.92 Å². The van der Waals surface area contributed by atoms with Crippen LogP contribution in [0.1, 0.15) is 12.8 Å². The quantitative estimate of drug-likeness (QED) is 0.685. The summed E-state index contributed by atoms with van der Waals surface area (Å²) in [4.78, 5) is 12.7. The highest BCUT2D eigenvalue weighted by atomic mass is 35.5. The zero-order valence-electron chi connectivity index (χ0n) is 16.5. The molecule has 1 aliphatic heterocycles. The van der Waals surface area contributed by atoms with E-state index in [1.165, 1.54) is 30.7 Å². The highest BCUT2D eigenvalue weighted by molar-refractivity contribution is 7.89. The molecule has 1 saturated heterocycles. The third-order valence-corrected chi connectivity index (χ3v) is 7.55. The number of benzene rings is 2. The normalized spacial score (nSPS) is 15.6. The van der Waals surface area contributed by atoms with Gasteiger partial charge in [0, 0.05) is 25.1 Å². The summed E-state index contributed by atoms with van der Waals surface area (Å²) >= 11 is 12.2. The molecule has 0 unspecified atom stereocenters. The number of ether oxygens (including phenoxy) is 2. The van der Waals surface area contributed by atoms with E-state index in [0.717, 1.165) is 0 Å². The van der Waals surface area contributed by atoms with Crippen molar-refractivity contribution in [1.82, 2.24) is 4.31 Å². The molecule has 0 aliphatic carbocycles. The van der Waals surface area contributed by atoms with Gasteiger partial charge < -0.3 is 14.8 Å². The molecule has 1 amide bonds. The molecule has 7 nitrogen and oxygen atoms in total. The van der Waals surface area contributed by atoms with Gasteiger partial charge >= 0.3 is 0 Å². The van der Waals surface area contributed by atoms with Gasteiger partial charge in [-0.3, -0.25) is 4.79 Å². The molecule has 1 fully saturated rings. The van der Waals surface area contributed by atoms with Crippen molar-refractivity contribution in [3.63, 3.8) is 0 Å². The number of sulfonamides is 1. The van der Waals surface area contributed by atoms with E-state index >= 15 is 0 Å². The lowest BCUT2D eigenvalue weighted by Crippen LogP contribution is -2.41. The SMILES string of the molecule is COc1ccc(S(=O)(=O)N2CCC(C(=O)Nc3c(Cl)cccc3Cl)CC2)cc1OC. The monoisotopic (exact) mass is 472 g/mol. The standard InChI is InChI=1S/C20H22Cl2N2O5S/c1-28-17-7-6-14(12-18(17)29-2)30(26,27)24-10-8-13(9-11-24)20(25)23-19-15(21)4-3-5-16(19)22/h3-7,12-13H,8-11H2,1-2H3,(H,23,25). The number of amides is 1. The number of anilines is 1. The van der Waals surface area contributed by atoms with Gasteiger partial charge in [0.1, 0.15) is 0 Å². The van der Waals surface area contributed by atoms with Crippen molar-refractivity contribution >= 4 is 44.8 Å². The highest BCUT2D eigenvalue weighted by Crippen LogP contribution is 2.33. The summed E-state index contributed by atoms with van der Waals surface area (Å²) in [6.45, 7) is 0.454. The van der Waals surface area contributed by atoms with Crippen molar-refractivity contribution < 1.29 is 22.7 Å². The summed E-state index contributed by atoms with van der Waals surface area (Å²) < 4.78 is 37.7.